The van der Waals surface area contributed by atoms with Crippen LogP contribution in [0.4, 0.5) is 10.1 Å². The zero-order valence-electron chi connectivity index (χ0n) is 10.9. The maximum Gasteiger partial charge on any atom is 0.253 e. The summed E-state index contributed by atoms with van der Waals surface area (Å²) in [6, 6.07) is 4.24. The van der Waals surface area contributed by atoms with Gasteiger partial charge in [-0.25, -0.2) is 4.39 Å². The van der Waals surface area contributed by atoms with Crippen LogP contribution in [-0.4, -0.2) is 23.9 Å². The van der Waals surface area contributed by atoms with Crippen molar-refractivity contribution >= 4 is 11.6 Å². The molecule has 0 aromatic heterocycles. The number of hydrogen-bond donors (Lipinski definition) is 1. The van der Waals surface area contributed by atoms with Crippen molar-refractivity contribution in [1.82, 2.24) is 4.90 Å². The van der Waals surface area contributed by atoms with Gasteiger partial charge in [-0.05, 0) is 36.5 Å². The number of anilines is 1. The van der Waals surface area contributed by atoms with E-state index in [1.165, 1.54) is 12.1 Å². The van der Waals surface area contributed by atoms with Crippen molar-refractivity contribution in [3.63, 3.8) is 0 Å². The van der Waals surface area contributed by atoms with Crippen LogP contribution in [0.25, 0.3) is 0 Å². The lowest BCUT2D eigenvalue weighted by Crippen LogP contribution is -2.41. The van der Waals surface area contributed by atoms with Gasteiger partial charge in [-0.1, -0.05) is 13.8 Å². The quantitative estimate of drug-likeness (QED) is 0.779. The van der Waals surface area contributed by atoms with Crippen LogP contribution in [0.1, 0.15) is 37.0 Å². The molecule has 1 aliphatic rings. The predicted octanol–water partition coefficient (Wildman–Crippen LogP) is 2.67. The Morgan fingerprint density at radius 3 is 2.50 bits per heavy atom. The minimum Gasteiger partial charge on any atom is -0.396 e. The summed E-state index contributed by atoms with van der Waals surface area (Å²) in [5.74, 6) is -0.636. The van der Waals surface area contributed by atoms with Crippen LogP contribution >= 0.6 is 0 Å². The highest BCUT2D eigenvalue weighted by Gasteiger charge is 2.28. The van der Waals surface area contributed by atoms with Crippen LogP contribution < -0.4 is 5.73 Å². The minimum atomic E-state index is -0.529. The lowest BCUT2D eigenvalue weighted by atomic mass is 9.82. The Bertz CT molecular complexity index is 461. The fourth-order valence-electron chi connectivity index (χ4n) is 2.16. The van der Waals surface area contributed by atoms with Gasteiger partial charge in [0, 0.05) is 18.7 Å². The van der Waals surface area contributed by atoms with E-state index < -0.39 is 5.82 Å². The average Bonchev–Trinajstić information content (AvgIpc) is 2.32. The number of nitrogens with two attached hydrogens (primary N) is 1. The standard InChI is InChI=1S/C14H19FN2O/c1-14(2)5-7-17(8-6-14)13(18)10-3-4-12(16)11(15)9-10/h3-4,9H,5-8,16H2,1-2H3. The summed E-state index contributed by atoms with van der Waals surface area (Å²) >= 11 is 0. The van der Waals surface area contributed by atoms with Gasteiger partial charge in [-0.2, -0.15) is 0 Å². The Labute approximate surface area is 107 Å². The van der Waals surface area contributed by atoms with Crippen LogP contribution in [0, 0.1) is 11.2 Å². The summed E-state index contributed by atoms with van der Waals surface area (Å²) in [4.78, 5) is 14.0. The molecule has 2 rings (SSSR count). The van der Waals surface area contributed by atoms with Gasteiger partial charge in [0.2, 0.25) is 0 Å². The SMILES string of the molecule is CC1(C)CCN(C(=O)c2ccc(N)c(F)c2)CC1. The molecule has 0 unspecified atom stereocenters. The number of carbonyl (C=O) groups excluding carboxylic acids is 1. The summed E-state index contributed by atoms with van der Waals surface area (Å²) in [6.07, 6.45) is 1.96. The first-order chi connectivity index (χ1) is 8.39. The first-order valence-corrected chi connectivity index (χ1v) is 6.23. The van der Waals surface area contributed by atoms with E-state index >= 15 is 0 Å². The van der Waals surface area contributed by atoms with Gasteiger partial charge in [0.1, 0.15) is 5.82 Å². The molecule has 1 aliphatic heterocycles. The molecule has 0 radical (unpaired) electrons. The number of piperidine rings is 1. The van der Waals surface area contributed by atoms with Crippen LogP contribution in [0.2, 0.25) is 0 Å². The number of carbonyl (C=O) groups is 1. The van der Waals surface area contributed by atoms with E-state index in [1.807, 2.05) is 0 Å². The van der Waals surface area contributed by atoms with Crippen LogP contribution in [0.3, 0.4) is 0 Å². The van der Waals surface area contributed by atoms with E-state index in [0.717, 1.165) is 25.9 Å². The Balaban J connectivity index is 2.10. The van der Waals surface area contributed by atoms with Crippen molar-refractivity contribution in [1.29, 1.82) is 0 Å². The molecule has 98 valence electrons. The summed E-state index contributed by atoms with van der Waals surface area (Å²) in [6.45, 7) is 5.88. The average molecular weight is 250 g/mol. The van der Waals surface area contributed by atoms with Crippen molar-refractivity contribution < 1.29 is 9.18 Å². The second kappa shape index (κ2) is 4.59. The van der Waals surface area contributed by atoms with Crippen molar-refractivity contribution in [3.05, 3.63) is 29.6 Å². The van der Waals surface area contributed by atoms with E-state index in [0.29, 0.717) is 11.0 Å². The lowest BCUT2D eigenvalue weighted by Gasteiger charge is -2.36. The fourth-order valence-corrected chi connectivity index (χ4v) is 2.16. The molecule has 0 bridgehead atoms. The first kappa shape index (κ1) is 12.9. The van der Waals surface area contributed by atoms with Crippen molar-refractivity contribution in [2.45, 2.75) is 26.7 Å². The number of nitrogens with zero attached hydrogens (tertiary/aromatic N) is 1. The predicted molar refractivity (Wildman–Crippen MR) is 69.7 cm³/mol. The van der Waals surface area contributed by atoms with E-state index in [9.17, 15) is 9.18 Å². The third kappa shape index (κ3) is 2.63. The normalized spacial score (nSPS) is 18.7. The molecule has 0 atom stereocenters. The molecular formula is C14H19FN2O. The summed E-state index contributed by atoms with van der Waals surface area (Å²) in [5, 5.41) is 0. The maximum atomic E-state index is 13.3. The van der Waals surface area contributed by atoms with Gasteiger partial charge >= 0.3 is 0 Å². The molecule has 1 aromatic carbocycles. The Morgan fingerprint density at radius 2 is 1.94 bits per heavy atom. The molecule has 0 saturated carbocycles. The molecular weight excluding hydrogens is 231 g/mol. The highest BCUT2D eigenvalue weighted by molar-refractivity contribution is 5.94. The minimum absolute atomic E-state index is 0.0753. The topological polar surface area (TPSA) is 46.3 Å². The van der Waals surface area contributed by atoms with E-state index in [1.54, 1.807) is 11.0 Å². The number of hydrogen-bond acceptors (Lipinski definition) is 2. The molecule has 0 spiro atoms. The van der Waals surface area contributed by atoms with Gasteiger partial charge in [-0.3, -0.25) is 4.79 Å². The molecule has 1 amide bonds. The van der Waals surface area contributed by atoms with Gasteiger partial charge in [0.25, 0.3) is 5.91 Å². The van der Waals surface area contributed by atoms with Crippen molar-refractivity contribution in [2.24, 2.45) is 5.41 Å². The largest absolute Gasteiger partial charge is 0.396 e. The third-order valence-corrected chi connectivity index (χ3v) is 3.65. The number of halogens is 1. The number of rotatable bonds is 1. The number of benzene rings is 1. The molecule has 18 heavy (non-hydrogen) atoms. The molecule has 3 nitrogen and oxygen atoms in total. The van der Waals surface area contributed by atoms with E-state index in [4.69, 9.17) is 5.73 Å². The monoisotopic (exact) mass is 250 g/mol. The second-order valence-electron chi connectivity index (χ2n) is 5.69. The molecule has 1 heterocycles. The van der Waals surface area contributed by atoms with Gasteiger partial charge < -0.3 is 10.6 Å². The summed E-state index contributed by atoms with van der Waals surface area (Å²) in [5.41, 5.74) is 6.15. The smallest absolute Gasteiger partial charge is 0.253 e. The molecule has 2 N–H and O–H groups in total. The Morgan fingerprint density at radius 1 is 1.33 bits per heavy atom. The molecule has 1 fully saturated rings. The Kier molecular flexibility index (Phi) is 3.28. The first-order valence-electron chi connectivity index (χ1n) is 6.23. The summed E-state index contributed by atoms with van der Waals surface area (Å²) < 4.78 is 13.3. The molecule has 1 aromatic rings. The lowest BCUT2D eigenvalue weighted by molar-refractivity contribution is 0.0630. The highest BCUT2D eigenvalue weighted by atomic mass is 19.1. The fraction of sp³-hybridized carbons (Fsp3) is 0.500. The number of nitrogen functional groups attached to an aromatic ring is 1. The van der Waals surface area contributed by atoms with Gasteiger partial charge in [0.15, 0.2) is 0 Å². The molecule has 4 heteroatoms. The number of amides is 1. The van der Waals surface area contributed by atoms with E-state index in [-0.39, 0.29) is 11.6 Å². The second-order valence-corrected chi connectivity index (χ2v) is 5.69. The molecule has 0 aliphatic carbocycles. The highest BCUT2D eigenvalue weighted by Crippen LogP contribution is 2.30. The summed E-state index contributed by atoms with van der Waals surface area (Å²) in [7, 11) is 0. The van der Waals surface area contributed by atoms with Crippen molar-refractivity contribution in [2.75, 3.05) is 18.8 Å². The van der Waals surface area contributed by atoms with E-state index in [2.05, 4.69) is 13.8 Å². The van der Waals surface area contributed by atoms with Crippen LogP contribution in [0.15, 0.2) is 18.2 Å². The Hall–Kier alpha value is -1.58. The van der Waals surface area contributed by atoms with Crippen LogP contribution in [-0.2, 0) is 0 Å². The zero-order chi connectivity index (χ0) is 13.3. The van der Waals surface area contributed by atoms with Crippen LogP contribution in [0.5, 0.6) is 0 Å². The van der Waals surface area contributed by atoms with Crippen molar-refractivity contribution in [3.8, 4) is 0 Å². The maximum absolute atomic E-state index is 13.3. The van der Waals surface area contributed by atoms with Gasteiger partial charge in [0.05, 0.1) is 5.69 Å². The zero-order valence-corrected chi connectivity index (χ0v) is 10.9. The number of likely N-dealkylation sites (tertiary alicyclic amines) is 1. The molecule has 1 saturated heterocycles. The third-order valence-electron chi connectivity index (χ3n) is 3.65. The van der Waals surface area contributed by atoms with Gasteiger partial charge in [-0.15, -0.1) is 0 Å².